The highest BCUT2D eigenvalue weighted by molar-refractivity contribution is 5.71. The van der Waals surface area contributed by atoms with Gasteiger partial charge in [-0.2, -0.15) is 0 Å². The third kappa shape index (κ3) is 1.27. The minimum Gasteiger partial charge on any atom is -0.460 e. The second kappa shape index (κ2) is 2.56. The van der Waals surface area contributed by atoms with E-state index in [9.17, 15) is 4.79 Å². The number of aliphatic hydroxyl groups excluding tert-OH is 2. The highest BCUT2D eigenvalue weighted by Gasteiger charge is 2.33. The van der Waals surface area contributed by atoms with Crippen LogP contribution in [-0.2, 0) is 9.53 Å². The van der Waals surface area contributed by atoms with Crippen LogP contribution in [0.1, 0.15) is 13.3 Å². The molecule has 4 heteroatoms. The van der Waals surface area contributed by atoms with Crippen molar-refractivity contribution in [3.8, 4) is 0 Å². The summed E-state index contributed by atoms with van der Waals surface area (Å²) in [6, 6.07) is 0. The van der Waals surface area contributed by atoms with Crippen LogP contribution in [0.5, 0.6) is 0 Å². The number of cyclic esters (lactones) is 1. The molecule has 10 heavy (non-hydrogen) atoms. The fourth-order valence-corrected chi connectivity index (χ4v) is 0.930. The lowest BCUT2D eigenvalue weighted by atomic mass is 10.0. The monoisotopic (exact) mass is 146 g/mol. The van der Waals surface area contributed by atoms with Crippen molar-refractivity contribution in [2.24, 2.45) is 0 Å². The molecule has 0 aromatic rings. The van der Waals surface area contributed by atoms with E-state index in [-0.39, 0.29) is 6.42 Å². The molecule has 0 aromatic heterocycles. The summed E-state index contributed by atoms with van der Waals surface area (Å²) >= 11 is 0. The number of hydrogen-bond acceptors (Lipinski definition) is 4. The molecule has 3 atom stereocenters. The summed E-state index contributed by atoms with van der Waals surface area (Å²) in [5.41, 5.74) is 0. The first-order chi connectivity index (χ1) is 4.61. The molecule has 0 radical (unpaired) electrons. The van der Waals surface area contributed by atoms with Gasteiger partial charge in [-0.1, -0.05) is 0 Å². The second-order valence-corrected chi connectivity index (χ2v) is 2.46. The molecule has 0 amide bonds. The first kappa shape index (κ1) is 7.50. The van der Waals surface area contributed by atoms with Crippen LogP contribution < -0.4 is 0 Å². The smallest absolute Gasteiger partial charge is 0.308 e. The topological polar surface area (TPSA) is 66.8 Å². The third-order valence-electron chi connectivity index (χ3n) is 1.57. The molecule has 1 aliphatic rings. The van der Waals surface area contributed by atoms with E-state index in [1.54, 1.807) is 6.92 Å². The van der Waals surface area contributed by atoms with Gasteiger partial charge in [0.2, 0.25) is 0 Å². The first-order valence-electron chi connectivity index (χ1n) is 3.17. The molecule has 1 rings (SSSR count). The Kier molecular flexibility index (Phi) is 1.92. The van der Waals surface area contributed by atoms with Gasteiger partial charge in [0, 0.05) is 0 Å². The molecule has 1 saturated heterocycles. The van der Waals surface area contributed by atoms with Crippen molar-refractivity contribution in [3.05, 3.63) is 0 Å². The highest BCUT2D eigenvalue weighted by Crippen LogP contribution is 2.14. The van der Waals surface area contributed by atoms with E-state index in [1.165, 1.54) is 0 Å². The number of aliphatic hydroxyl groups is 2. The molecule has 2 N–H and O–H groups in total. The van der Waals surface area contributed by atoms with Gasteiger partial charge in [-0.25, -0.2) is 0 Å². The lowest BCUT2D eigenvalue weighted by molar-refractivity contribution is -0.175. The SMILES string of the molecule is C[C@H]1OC(=O)C[C@@H](O)[C@@H]1O. The Balaban J connectivity index is 2.57. The molecule has 0 spiro atoms. The van der Waals surface area contributed by atoms with Crippen LogP contribution in [0.4, 0.5) is 0 Å². The largest absolute Gasteiger partial charge is 0.460 e. The molecule has 1 fully saturated rings. The van der Waals surface area contributed by atoms with E-state index in [1.807, 2.05) is 0 Å². The zero-order chi connectivity index (χ0) is 7.72. The molecule has 1 aliphatic heterocycles. The molecule has 4 nitrogen and oxygen atoms in total. The van der Waals surface area contributed by atoms with Crippen molar-refractivity contribution in [2.75, 3.05) is 0 Å². The number of rotatable bonds is 0. The van der Waals surface area contributed by atoms with Crippen molar-refractivity contribution in [1.29, 1.82) is 0 Å². The van der Waals surface area contributed by atoms with Gasteiger partial charge in [0.05, 0.1) is 12.5 Å². The average Bonchev–Trinajstić information content (AvgIpc) is 1.82. The number of carbonyl (C=O) groups excluding carboxylic acids is 1. The highest BCUT2D eigenvalue weighted by atomic mass is 16.6. The summed E-state index contributed by atoms with van der Waals surface area (Å²) < 4.78 is 4.62. The predicted octanol–water partition coefficient (Wildman–Crippen LogP) is -0.956. The average molecular weight is 146 g/mol. The van der Waals surface area contributed by atoms with Gasteiger partial charge in [-0.15, -0.1) is 0 Å². The van der Waals surface area contributed by atoms with Crippen molar-refractivity contribution in [2.45, 2.75) is 31.7 Å². The Hall–Kier alpha value is -0.610. The maximum Gasteiger partial charge on any atom is 0.308 e. The Bertz CT molecular complexity index is 131. The molecule has 0 saturated carbocycles. The summed E-state index contributed by atoms with van der Waals surface area (Å²) in [5.74, 6) is -0.453. The Morgan fingerprint density at radius 2 is 2.20 bits per heavy atom. The maximum absolute atomic E-state index is 10.5. The van der Waals surface area contributed by atoms with Crippen LogP contribution in [0.2, 0.25) is 0 Å². The number of ether oxygens (including phenoxy) is 1. The molecule has 0 bridgehead atoms. The molecule has 0 aliphatic carbocycles. The van der Waals surface area contributed by atoms with E-state index < -0.39 is 24.3 Å². The van der Waals surface area contributed by atoms with Crippen molar-refractivity contribution < 1.29 is 19.7 Å². The quantitative estimate of drug-likeness (QED) is 0.432. The Morgan fingerprint density at radius 1 is 1.60 bits per heavy atom. The molecule has 0 aromatic carbocycles. The van der Waals surface area contributed by atoms with Crippen molar-refractivity contribution in [1.82, 2.24) is 0 Å². The Labute approximate surface area is 58.4 Å². The molecular weight excluding hydrogens is 136 g/mol. The third-order valence-corrected chi connectivity index (χ3v) is 1.57. The van der Waals surface area contributed by atoms with Crippen LogP contribution in [-0.4, -0.2) is 34.5 Å². The molecule has 0 unspecified atom stereocenters. The molecule has 58 valence electrons. The van der Waals surface area contributed by atoms with Crippen LogP contribution in [0.15, 0.2) is 0 Å². The van der Waals surface area contributed by atoms with Gasteiger partial charge >= 0.3 is 5.97 Å². The number of esters is 1. The van der Waals surface area contributed by atoms with Gasteiger partial charge in [-0.05, 0) is 6.92 Å². The number of carbonyl (C=O) groups is 1. The van der Waals surface area contributed by atoms with E-state index in [0.29, 0.717) is 0 Å². The normalized spacial score (nSPS) is 41.1. The van der Waals surface area contributed by atoms with Crippen molar-refractivity contribution in [3.63, 3.8) is 0 Å². The van der Waals surface area contributed by atoms with Gasteiger partial charge in [-0.3, -0.25) is 4.79 Å². The summed E-state index contributed by atoms with van der Waals surface area (Å²) in [5, 5.41) is 18.0. The summed E-state index contributed by atoms with van der Waals surface area (Å²) in [4.78, 5) is 10.5. The molecular formula is C6H10O4. The summed E-state index contributed by atoms with van der Waals surface area (Å²) in [7, 11) is 0. The first-order valence-corrected chi connectivity index (χ1v) is 3.17. The Morgan fingerprint density at radius 3 is 2.70 bits per heavy atom. The van der Waals surface area contributed by atoms with Crippen LogP contribution in [0.3, 0.4) is 0 Å². The second-order valence-electron chi connectivity index (χ2n) is 2.46. The lowest BCUT2D eigenvalue weighted by Crippen LogP contribution is -2.44. The standard InChI is InChI=1S/C6H10O4/c1-3-6(9)4(7)2-5(8)10-3/h3-4,6-7,9H,2H2,1H3/t3-,4-,6-/m1/s1. The minimum atomic E-state index is -0.962. The van der Waals surface area contributed by atoms with Gasteiger partial charge in [0.1, 0.15) is 12.2 Å². The lowest BCUT2D eigenvalue weighted by Gasteiger charge is -2.28. The predicted molar refractivity (Wildman–Crippen MR) is 32.2 cm³/mol. The maximum atomic E-state index is 10.5. The van der Waals surface area contributed by atoms with Crippen LogP contribution in [0, 0.1) is 0 Å². The fraction of sp³-hybridized carbons (Fsp3) is 0.833. The van der Waals surface area contributed by atoms with Gasteiger partial charge < -0.3 is 14.9 Å². The zero-order valence-corrected chi connectivity index (χ0v) is 5.65. The van der Waals surface area contributed by atoms with Gasteiger partial charge in [0.15, 0.2) is 0 Å². The van der Waals surface area contributed by atoms with E-state index in [4.69, 9.17) is 10.2 Å². The van der Waals surface area contributed by atoms with E-state index in [0.717, 1.165) is 0 Å². The van der Waals surface area contributed by atoms with Crippen LogP contribution in [0.25, 0.3) is 0 Å². The summed E-state index contributed by atoms with van der Waals surface area (Å²) in [6.45, 7) is 1.55. The zero-order valence-electron chi connectivity index (χ0n) is 5.65. The minimum absolute atomic E-state index is 0.106. The van der Waals surface area contributed by atoms with E-state index in [2.05, 4.69) is 4.74 Å². The van der Waals surface area contributed by atoms with E-state index >= 15 is 0 Å². The molecule has 1 heterocycles. The van der Waals surface area contributed by atoms with Crippen molar-refractivity contribution >= 4 is 5.97 Å². The van der Waals surface area contributed by atoms with Crippen LogP contribution >= 0.6 is 0 Å². The fourth-order valence-electron chi connectivity index (χ4n) is 0.930. The summed E-state index contributed by atoms with van der Waals surface area (Å²) in [6.07, 6.45) is -2.59. The van der Waals surface area contributed by atoms with Gasteiger partial charge in [0.25, 0.3) is 0 Å². The number of hydrogen-bond donors (Lipinski definition) is 2.